The molecule has 0 aromatic carbocycles. The summed E-state index contributed by atoms with van der Waals surface area (Å²) in [5.74, 6) is -3.12. The van der Waals surface area contributed by atoms with Gasteiger partial charge in [-0.3, -0.25) is 29.0 Å². The average Bonchev–Trinajstić information content (AvgIpc) is 2.84. The van der Waals surface area contributed by atoms with Gasteiger partial charge in [-0.2, -0.15) is 0 Å². The molecule has 1 saturated heterocycles. The summed E-state index contributed by atoms with van der Waals surface area (Å²) in [5, 5.41) is 20.3. The number of β-amino-alcohol motifs (C(OH)–C–C–N with tert-alkyl or cyclic N) is 2. The first-order valence-corrected chi connectivity index (χ1v) is 9.13. The maximum Gasteiger partial charge on any atom is 0.334 e. The van der Waals surface area contributed by atoms with Crippen LogP contribution in [0.15, 0.2) is 24.3 Å². The Morgan fingerprint density at radius 1 is 0.833 bits per heavy atom. The molecule has 2 N–H and O–H groups in total. The third-order valence-corrected chi connectivity index (χ3v) is 4.31. The van der Waals surface area contributed by atoms with E-state index in [1.165, 1.54) is 37.7 Å². The summed E-state index contributed by atoms with van der Waals surface area (Å²) in [5.41, 5.74) is 0.506. The van der Waals surface area contributed by atoms with Crippen LogP contribution in [0.5, 0.6) is 0 Å². The Morgan fingerprint density at radius 2 is 1.13 bits per heavy atom. The summed E-state index contributed by atoms with van der Waals surface area (Å²) in [6, 6.07) is -0.995. The maximum atomic E-state index is 12.5. The summed E-state index contributed by atoms with van der Waals surface area (Å²) in [6.45, 7) is 8.63. The first-order chi connectivity index (χ1) is 13.8. The third kappa shape index (κ3) is 5.97. The first kappa shape index (κ1) is 25.0. The van der Waals surface area contributed by atoms with Crippen molar-refractivity contribution < 1.29 is 34.2 Å². The quantitative estimate of drug-likeness (QED) is 0.249. The second kappa shape index (κ2) is 10.1. The molecule has 2 atom stereocenters. The standard InChI is InChI=1S/C19H28N4O7/c1-11(2)15(26)20(5)7-13(24)9-22-17(28)18(29)23(19(22)30)10-14(25)8-21(6)16(27)12(3)4/h13-14,24-25H,1,3,7-10H2,2,4-6H3. The van der Waals surface area contributed by atoms with Gasteiger partial charge in [0.2, 0.25) is 11.8 Å². The first-order valence-electron chi connectivity index (χ1n) is 9.13. The molecule has 1 aliphatic heterocycles. The predicted molar refractivity (Wildman–Crippen MR) is 106 cm³/mol. The van der Waals surface area contributed by atoms with Crippen LogP contribution in [0.2, 0.25) is 0 Å². The number of urea groups is 1. The maximum absolute atomic E-state index is 12.5. The van der Waals surface area contributed by atoms with Crippen molar-refractivity contribution in [1.29, 1.82) is 0 Å². The van der Waals surface area contributed by atoms with Gasteiger partial charge in [-0.15, -0.1) is 0 Å². The van der Waals surface area contributed by atoms with E-state index in [0.29, 0.717) is 9.80 Å². The molecule has 1 rings (SSSR count). The van der Waals surface area contributed by atoms with Gasteiger partial charge in [0.05, 0.1) is 25.3 Å². The Labute approximate surface area is 174 Å². The summed E-state index contributed by atoms with van der Waals surface area (Å²) < 4.78 is 0. The Balaban J connectivity index is 2.74. The molecule has 6 amide bonds. The van der Waals surface area contributed by atoms with Crippen molar-refractivity contribution in [3.8, 4) is 0 Å². The number of aliphatic hydroxyl groups is 2. The monoisotopic (exact) mass is 424 g/mol. The van der Waals surface area contributed by atoms with Crippen molar-refractivity contribution in [1.82, 2.24) is 19.6 Å². The molecular weight excluding hydrogens is 396 g/mol. The summed E-state index contributed by atoms with van der Waals surface area (Å²) >= 11 is 0. The zero-order chi connectivity index (χ0) is 23.3. The largest absolute Gasteiger partial charge is 0.389 e. The number of carbonyl (C=O) groups is 5. The molecule has 0 aromatic heterocycles. The van der Waals surface area contributed by atoms with Gasteiger partial charge in [0.15, 0.2) is 0 Å². The number of likely N-dealkylation sites (N-methyl/N-ethyl adjacent to an activating group) is 2. The minimum atomic E-state index is -1.29. The van der Waals surface area contributed by atoms with E-state index in [2.05, 4.69) is 13.2 Å². The molecule has 0 aliphatic carbocycles. The van der Waals surface area contributed by atoms with Crippen LogP contribution in [0, 0.1) is 0 Å². The number of carbonyl (C=O) groups excluding carboxylic acids is 5. The van der Waals surface area contributed by atoms with Crippen molar-refractivity contribution >= 4 is 29.7 Å². The van der Waals surface area contributed by atoms with E-state index in [-0.39, 0.29) is 24.2 Å². The summed E-state index contributed by atoms with van der Waals surface area (Å²) in [7, 11) is 2.84. The Hall–Kier alpha value is -3.05. The van der Waals surface area contributed by atoms with Crippen molar-refractivity contribution in [3.05, 3.63) is 24.3 Å². The van der Waals surface area contributed by atoms with E-state index in [1.807, 2.05) is 0 Å². The second-order valence-corrected chi connectivity index (χ2v) is 7.35. The number of imide groups is 2. The molecule has 0 bridgehead atoms. The molecule has 1 heterocycles. The normalized spacial score (nSPS) is 15.9. The van der Waals surface area contributed by atoms with Crippen LogP contribution in [0.25, 0.3) is 0 Å². The third-order valence-electron chi connectivity index (χ3n) is 4.31. The lowest BCUT2D eigenvalue weighted by molar-refractivity contribution is -0.144. The van der Waals surface area contributed by atoms with E-state index < -0.39 is 55.0 Å². The van der Waals surface area contributed by atoms with Crippen molar-refractivity contribution in [2.45, 2.75) is 26.1 Å². The Kier molecular flexibility index (Phi) is 8.43. The zero-order valence-corrected chi connectivity index (χ0v) is 17.6. The zero-order valence-electron chi connectivity index (χ0n) is 17.6. The second-order valence-electron chi connectivity index (χ2n) is 7.35. The average molecular weight is 424 g/mol. The minimum absolute atomic E-state index is 0.187. The van der Waals surface area contributed by atoms with Crippen LogP contribution < -0.4 is 0 Å². The van der Waals surface area contributed by atoms with E-state index in [0.717, 1.165) is 0 Å². The van der Waals surface area contributed by atoms with Gasteiger partial charge in [-0.05, 0) is 13.8 Å². The molecule has 11 nitrogen and oxygen atoms in total. The lowest BCUT2D eigenvalue weighted by Crippen LogP contribution is -2.45. The highest BCUT2D eigenvalue weighted by Gasteiger charge is 2.45. The number of nitrogens with zero attached hydrogens (tertiary/aromatic N) is 4. The van der Waals surface area contributed by atoms with Crippen molar-refractivity contribution in [2.24, 2.45) is 0 Å². The van der Waals surface area contributed by atoms with E-state index in [4.69, 9.17) is 0 Å². The van der Waals surface area contributed by atoms with Crippen LogP contribution in [-0.2, 0) is 19.2 Å². The summed E-state index contributed by atoms with van der Waals surface area (Å²) in [4.78, 5) is 63.8. The fraction of sp³-hybridized carbons (Fsp3) is 0.526. The van der Waals surface area contributed by atoms with Gasteiger partial charge in [0.25, 0.3) is 0 Å². The van der Waals surface area contributed by atoms with E-state index in [9.17, 15) is 34.2 Å². The molecule has 1 aliphatic rings. The van der Waals surface area contributed by atoms with Crippen LogP contribution >= 0.6 is 0 Å². The number of rotatable bonds is 10. The fourth-order valence-corrected chi connectivity index (χ4v) is 2.86. The Bertz CT molecular complexity index is 717. The lowest BCUT2D eigenvalue weighted by atomic mass is 10.2. The molecular formula is C19H28N4O7. The summed E-state index contributed by atoms with van der Waals surface area (Å²) in [6.07, 6.45) is -2.58. The predicted octanol–water partition coefficient (Wildman–Crippen LogP) is -1.43. The molecule has 0 aromatic rings. The van der Waals surface area contributed by atoms with Gasteiger partial charge in [-0.25, -0.2) is 4.79 Å². The van der Waals surface area contributed by atoms with Crippen molar-refractivity contribution in [2.75, 3.05) is 40.3 Å². The van der Waals surface area contributed by atoms with Gasteiger partial charge in [0.1, 0.15) is 0 Å². The van der Waals surface area contributed by atoms with Crippen LogP contribution in [-0.4, -0.2) is 112 Å². The topological polar surface area (TPSA) is 139 Å². The van der Waals surface area contributed by atoms with Gasteiger partial charge in [0, 0.05) is 38.3 Å². The SMILES string of the molecule is C=C(C)C(=O)N(C)CC(O)CN1C(=O)C(=O)N(CC(O)CN(C)C(=O)C(=C)C)C1=O. The molecule has 0 saturated carbocycles. The number of hydrogen-bond acceptors (Lipinski definition) is 7. The lowest BCUT2D eigenvalue weighted by Gasteiger charge is -2.25. The molecule has 11 heteroatoms. The van der Waals surface area contributed by atoms with Gasteiger partial charge in [-0.1, -0.05) is 13.2 Å². The minimum Gasteiger partial charge on any atom is -0.389 e. The highest BCUT2D eigenvalue weighted by atomic mass is 16.3. The highest BCUT2D eigenvalue weighted by molar-refractivity contribution is 6.44. The molecule has 0 spiro atoms. The number of hydrogen-bond donors (Lipinski definition) is 2. The van der Waals surface area contributed by atoms with E-state index >= 15 is 0 Å². The molecule has 1 fully saturated rings. The molecule has 2 unspecified atom stereocenters. The van der Waals surface area contributed by atoms with Gasteiger partial charge < -0.3 is 20.0 Å². The molecule has 166 valence electrons. The number of aliphatic hydroxyl groups excluding tert-OH is 2. The van der Waals surface area contributed by atoms with Crippen LogP contribution in [0.3, 0.4) is 0 Å². The Morgan fingerprint density at radius 3 is 1.40 bits per heavy atom. The fourth-order valence-electron chi connectivity index (χ4n) is 2.86. The van der Waals surface area contributed by atoms with Gasteiger partial charge >= 0.3 is 17.8 Å². The molecule has 0 radical (unpaired) electrons. The van der Waals surface area contributed by atoms with E-state index in [1.54, 1.807) is 0 Å². The highest BCUT2D eigenvalue weighted by Crippen LogP contribution is 2.14. The number of amides is 6. The van der Waals surface area contributed by atoms with Crippen LogP contribution in [0.4, 0.5) is 4.79 Å². The molecule has 30 heavy (non-hydrogen) atoms. The van der Waals surface area contributed by atoms with Crippen LogP contribution in [0.1, 0.15) is 13.8 Å². The van der Waals surface area contributed by atoms with Crippen molar-refractivity contribution in [3.63, 3.8) is 0 Å². The smallest absolute Gasteiger partial charge is 0.334 e.